The van der Waals surface area contributed by atoms with Gasteiger partial charge in [0, 0.05) is 17.2 Å². The number of ketones is 1. The van der Waals surface area contributed by atoms with Gasteiger partial charge >= 0.3 is 0 Å². The fraction of sp³-hybridized carbons (Fsp3) is 0.615. The molecular weight excluding hydrogens is 204 g/mol. The van der Waals surface area contributed by atoms with Crippen LogP contribution < -0.4 is 0 Å². The van der Waals surface area contributed by atoms with Crippen molar-refractivity contribution >= 4 is 17.1 Å². The van der Waals surface area contributed by atoms with E-state index in [1.54, 1.807) is 11.3 Å². The molecule has 1 rings (SSSR count). The topological polar surface area (TPSA) is 17.1 Å². The van der Waals surface area contributed by atoms with Gasteiger partial charge in [0.05, 0.1) is 0 Å². The van der Waals surface area contributed by atoms with Gasteiger partial charge in [-0.1, -0.05) is 33.8 Å². The summed E-state index contributed by atoms with van der Waals surface area (Å²) in [7, 11) is 0. The maximum absolute atomic E-state index is 11.9. The van der Waals surface area contributed by atoms with Crippen molar-refractivity contribution in [1.82, 2.24) is 0 Å². The first-order chi connectivity index (χ1) is 6.88. The number of rotatable bonds is 4. The van der Waals surface area contributed by atoms with Crippen molar-refractivity contribution < 1.29 is 4.79 Å². The molecule has 0 aliphatic rings. The molecule has 1 heterocycles. The van der Waals surface area contributed by atoms with E-state index in [4.69, 9.17) is 0 Å². The molecular formula is C13H20OS. The van der Waals surface area contributed by atoms with Gasteiger partial charge in [-0.3, -0.25) is 4.79 Å². The minimum Gasteiger partial charge on any atom is -0.299 e. The molecule has 2 heteroatoms. The Kier molecular flexibility index (Phi) is 4.09. The third-order valence-electron chi connectivity index (χ3n) is 2.40. The minimum atomic E-state index is 0.173. The van der Waals surface area contributed by atoms with Gasteiger partial charge in [-0.15, -0.1) is 11.3 Å². The van der Waals surface area contributed by atoms with Crippen LogP contribution in [-0.4, -0.2) is 5.78 Å². The van der Waals surface area contributed by atoms with Gasteiger partial charge in [0.25, 0.3) is 0 Å². The van der Waals surface area contributed by atoms with Gasteiger partial charge in [-0.05, 0) is 23.3 Å². The van der Waals surface area contributed by atoms with Crippen molar-refractivity contribution in [2.45, 2.75) is 40.5 Å². The maximum Gasteiger partial charge on any atom is 0.140 e. The van der Waals surface area contributed by atoms with Crippen molar-refractivity contribution in [3.05, 3.63) is 22.4 Å². The number of carbonyl (C=O) groups excluding carboxylic acids is 1. The zero-order chi connectivity index (χ0) is 11.5. The first-order valence-electron chi connectivity index (χ1n) is 5.43. The highest BCUT2D eigenvalue weighted by atomic mass is 32.1. The Bertz CT molecular complexity index is 306. The lowest BCUT2D eigenvalue weighted by molar-refractivity contribution is -0.122. The summed E-state index contributed by atoms with van der Waals surface area (Å²) >= 11 is 1.67. The molecule has 1 atom stereocenters. The Morgan fingerprint density at radius 1 is 1.47 bits per heavy atom. The molecule has 0 saturated heterocycles. The van der Waals surface area contributed by atoms with E-state index >= 15 is 0 Å². The lowest BCUT2D eigenvalue weighted by atomic mass is 9.83. The third-order valence-corrected chi connectivity index (χ3v) is 3.27. The summed E-state index contributed by atoms with van der Waals surface area (Å²) in [6.07, 6.45) is 1.58. The summed E-state index contributed by atoms with van der Waals surface area (Å²) in [5.41, 5.74) is 0.241. The van der Waals surface area contributed by atoms with Crippen molar-refractivity contribution in [3.8, 4) is 0 Å². The van der Waals surface area contributed by atoms with E-state index in [1.165, 1.54) is 4.88 Å². The molecule has 0 aromatic carbocycles. The normalized spacial score (nSPS) is 13.9. The van der Waals surface area contributed by atoms with Crippen LogP contribution in [0.5, 0.6) is 0 Å². The maximum atomic E-state index is 11.9. The Labute approximate surface area is 96.5 Å². The van der Waals surface area contributed by atoms with Gasteiger partial charge in [-0.2, -0.15) is 0 Å². The molecule has 1 aromatic rings. The van der Waals surface area contributed by atoms with Crippen LogP contribution in [0.15, 0.2) is 17.5 Å². The first-order valence-corrected chi connectivity index (χ1v) is 6.31. The summed E-state index contributed by atoms with van der Waals surface area (Å²) in [5, 5.41) is 2.02. The fourth-order valence-electron chi connectivity index (χ4n) is 1.79. The number of hydrogen-bond acceptors (Lipinski definition) is 2. The van der Waals surface area contributed by atoms with Crippen molar-refractivity contribution in [2.75, 3.05) is 0 Å². The molecule has 84 valence electrons. The molecule has 0 bridgehead atoms. The summed E-state index contributed by atoms with van der Waals surface area (Å²) in [5.74, 6) is 0.541. The number of Topliss-reactive ketones (excluding diaryl/α,β-unsaturated/α-hetero) is 1. The van der Waals surface area contributed by atoms with Crippen LogP contribution in [0.2, 0.25) is 0 Å². The molecule has 0 fully saturated rings. The van der Waals surface area contributed by atoms with E-state index in [-0.39, 0.29) is 11.3 Å². The SMILES string of the molecule is CC(CC(C)(C)C)C(=O)Cc1cccs1. The van der Waals surface area contributed by atoms with E-state index in [1.807, 2.05) is 24.4 Å². The average Bonchev–Trinajstić information content (AvgIpc) is 2.53. The van der Waals surface area contributed by atoms with Crippen molar-refractivity contribution in [1.29, 1.82) is 0 Å². The quantitative estimate of drug-likeness (QED) is 0.757. The Balaban J connectivity index is 2.47. The van der Waals surface area contributed by atoms with Gasteiger partial charge < -0.3 is 0 Å². The van der Waals surface area contributed by atoms with E-state index in [9.17, 15) is 4.79 Å². The van der Waals surface area contributed by atoms with Gasteiger partial charge in [0.15, 0.2) is 0 Å². The zero-order valence-corrected chi connectivity index (χ0v) is 10.9. The molecule has 1 unspecified atom stereocenters. The second-order valence-electron chi connectivity index (χ2n) is 5.39. The third kappa shape index (κ3) is 4.61. The first kappa shape index (κ1) is 12.4. The van der Waals surface area contributed by atoms with Crippen LogP contribution in [0.1, 0.15) is 39.0 Å². The summed E-state index contributed by atoms with van der Waals surface area (Å²) in [6.45, 7) is 8.59. The number of carbonyl (C=O) groups is 1. The second-order valence-corrected chi connectivity index (χ2v) is 6.42. The highest BCUT2D eigenvalue weighted by Gasteiger charge is 2.20. The molecule has 1 aromatic heterocycles. The summed E-state index contributed by atoms with van der Waals surface area (Å²) < 4.78 is 0. The fourth-order valence-corrected chi connectivity index (χ4v) is 2.51. The monoisotopic (exact) mass is 224 g/mol. The molecule has 0 N–H and O–H groups in total. The lowest BCUT2D eigenvalue weighted by Crippen LogP contribution is -2.19. The van der Waals surface area contributed by atoms with Crippen LogP contribution in [0, 0.1) is 11.3 Å². The lowest BCUT2D eigenvalue weighted by Gasteiger charge is -2.22. The highest BCUT2D eigenvalue weighted by Crippen LogP contribution is 2.25. The molecule has 0 amide bonds. The second kappa shape index (κ2) is 4.93. The van der Waals surface area contributed by atoms with Crippen molar-refractivity contribution in [3.63, 3.8) is 0 Å². The van der Waals surface area contributed by atoms with E-state index in [0.717, 1.165) is 6.42 Å². The number of thiophene rings is 1. The molecule has 1 nitrogen and oxygen atoms in total. The molecule has 0 radical (unpaired) electrons. The van der Waals surface area contributed by atoms with E-state index < -0.39 is 0 Å². The van der Waals surface area contributed by atoms with Crippen LogP contribution in [-0.2, 0) is 11.2 Å². The average molecular weight is 224 g/mol. The van der Waals surface area contributed by atoms with Crippen LogP contribution >= 0.6 is 11.3 Å². The van der Waals surface area contributed by atoms with E-state index in [2.05, 4.69) is 20.8 Å². The van der Waals surface area contributed by atoms with Crippen LogP contribution in [0.25, 0.3) is 0 Å². The van der Waals surface area contributed by atoms with Crippen molar-refractivity contribution in [2.24, 2.45) is 11.3 Å². The van der Waals surface area contributed by atoms with E-state index in [0.29, 0.717) is 12.2 Å². The predicted molar refractivity (Wildman–Crippen MR) is 66.3 cm³/mol. The molecule has 0 spiro atoms. The molecule has 0 saturated carbocycles. The largest absolute Gasteiger partial charge is 0.299 e. The Hall–Kier alpha value is -0.630. The van der Waals surface area contributed by atoms with Gasteiger partial charge in [-0.25, -0.2) is 0 Å². The molecule has 0 aliphatic heterocycles. The molecule has 15 heavy (non-hydrogen) atoms. The predicted octanol–water partition coefficient (Wildman–Crippen LogP) is 3.93. The smallest absolute Gasteiger partial charge is 0.140 e. The van der Waals surface area contributed by atoms with Crippen LogP contribution in [0.4, 0.5) is 0 Å². The van der Waals surface area contributed by atoms with Gasteiger partial charge in [0.2, 0.25) is 0 Å². The Morgan fingerprint density at radius 3 is 2.60 bits per heavy atom. The minimum absolute atomic E-state index is 0.173. The number of hydrogen-bond donors (Lipinski definition) is 0. The zero-order valence-electron chi connectivity index (χ0n) is 10.0. The summed E-state index contributed by atoms with van der Waals surface area (Å²) in [4.78, 5) is 13.1. The van der Waals surface area contributed by atoms with Gasteiger partial charge in [0.1, 0.15) is 5.78 Å². The highest BCUT2D eigenvalue weighted by molar-refractivity contribution is 7.10. The molecule has 0 aliphatic carbocycles. The Morgan fingerprint density at radius 2 is 2.13 bits per heavy atom. The van der Waals surface area contributed by atoms with Crippen LogP contribution in [0.3, 0.4) is 0 Å². The summed E-state index contributed by atoms with van der Waals surface area (Å²) in [6, 6.07) is 4.04. The standard InChI is InChI=1S/C13H20OS/c1-10(9-13(2,3)4)12(14)8-11-6-5-7-15-11/h5-7,10H,8-9H2,1-4H3.